The summed E-state index contributed by atoms with van der Waals surface area (Å²) in [6, 6.07) is 10.8. The summed E-state index contributed by atoms with van der Waals surface area (Å²) < 4.78 is 0. The molecule has 20 heavy (non-hydrogen) atoms. The van der Waals surface area contributed by atoms with Gasteiger partial charge in [0.05, 0.1) is 0 Å². The minimum atomic E-state index is 0.490. The van der Waals surface area contributed by atoms with E-state index in [9.17, 15) is 0 Å². The van der Waals surface area contributed by atoms with E-state index in [-0.39, 0.29) is 0 Å². The molecule has 0 radical (unpaired) electrons. The Bertz CT molecular complexity index is 340. The van der Waals surface area contributed by atoms with Gasteiger partial charge in [-0.2, -0.15) is 23.5 Å². The van der Waals surface area contributed by atoms with Crippen LogP contribution in [0.3, 0.4) is 0 Å². The van der Waals surface area contributed by atoms with Gasteiger partial charge in [0.15, 0.2) is 0 Å². The molecule has 0 heterocycles. The highest BCUT2D eigenvalue weighted by atomic mass is 32.2. The van der Waals surface area contributed by atoms with Crippen molar-refractivity contribution in [3.63, 3.8) is 0 Å². The van der Waals surface area contributed by atoms with E-state index in [1.165, 1.54) is 35.7 Å². The highest BCUT2D eigenvalue weighted by Gasteiger charge is 2.09. The molecule has 114 valence electrons. The van der Waals surface area contributed by atoms with E-state index in [2.05, 4.69) is 81.6 Å². The summed E-state index contributed by atoms with van der Waals surface area (Å²) in [5.74, 6) is 5.92. The molecule has 0 aromatic heterocycles. The van der Waals surface area contributed by atoms with Crippen molar-refractivity contribution in [3.8, 4) is 0 Å². The van der Waals surface area contributed by atoms with Crippen molar-refractivity contribution in [2.45, 2.75) is 46.3 Å². The maximum atomic E-state index is 2.39. The van der Waals surface area contributed by atoms with Gasteiger partial charge in [0.25, 0.3) is 0 Å². The number of benzene rings is 1. The molecular formula is C18H30S2. The first-order valence-electron chi connectivity index (χ1n) is 7.67. The number of hydrogen-bond donors (Lipinski definition) is 0. The topological polar surface area (TPSA) is 0 Å². The van der Waals surface area contributed by atoms with Gasteiger partial charge in [-0.3, -0.25) is 0 Å². The van der Waals surface area contributed by atoms with Crippen molar-refractivity contribution in [2.75, 3.05) is 17.3 Å². The zero-order chi connectivity index (χ0) is 14.8. The van der Waals surface area contributed by atoms with Crippen LogP contribution in [0, 0.1) is 11.3 Å². The monoisotopic (exact) mass is 310 g/mol. The summed E-state index contributed by atoms with van der Waals surface area (Å²) in [5.41, 5.74) is 1.94. The second-order valence-corrected chi connectivity index (χ2v) is 9.07. The first-order chi connectivity index (χ1) is 9.47. The van der Waals surface area contributed by atoms with Gasteiger partial charge in [0.2, 0.25) is 0 Å². The van der Waals surface area contributed by atoms with Crippen LogP contribution in [0.25, 0.3) is 0 Å². The van der Waals surface area contributed by atoms with Crippen LogP contribution in [-0.4, -0.2) is 17.3 Å². The predicted molar refractivity (Wildman–Crippen MR) is 97.8 cm³/mol. The van der Waals surface area contributed by atoms with Crippen LogP contribution < -0.4 is 0 Å². The second-order valence-electron chi connectivity index (χ2n) is 6.82. The lowest BCUT2D eigenvalue weighted by Gasteiger charge is -2.17. The number of rotatable bonds is 9. The van der Waals surface area contributed by atoms with Crippen molar-refractivity contribution in [1.29, 1.82) is 0 Å². The molecule has 1 unspecified atom stereocenters. The fraction of sp³-hybridized carbons (Fsp3) is 0.667. The Morgan fingerprint density at radius 2 is 1.70 bits per heavy atom. The summed E-state index contributed by atoms with van der Waals surface area (Å²) in [6.45, 7) is 9.38. The van der Waals surface area contributed by atoms with E-state index in [0.29, 0.717) is 5.41 Å². The van der Waals surface area contributed by atoms with Gasteiger partial charge in [0, 0.05) is 5.75 Å². The first kappa shape index (κ1) is 18.0. The summed E-state index contributed by atoms with van der Waals surface area (Å²) in [4.78, 5) is 0. The molecule has 0 bridgehead atoms. The Hall–Kier alpha value is -0.0800. The Balaban J connectivity index is 1.99. The lowest BCUT2D eigenvalue weighted by Crippen LogP contribution is -2.06. The molecule has 0 aliphatic carbocycles. The summed E-state index contributed by atoms with van der Waals surface area (Å²) >= 11 is 4.20. The molecule has 0 aliphatic heterocycles. The fourth-order valence-electron chi connectivity index (χ4n) is 1.80. The predicted octanol–water partition coefficient (Wildman–Crippen LogP) is 6.12. The standard InChI is InChI=1S/C18H30S2/c1-16(10-12-19-13-11-18(2,3)4)14-20-15-17-8-6-5-7-9-17/h5-9,16H,10-15H2,1-4H3. The first-order valence-corrected chi connectivity index (χ1v) is 9.98. The maximum absolute atomic E-state index is 2.39. The smallest absolute Gasteiger partial charge is 0.0184 e. The van der Waals surface area contributed by atoms with Crippen molar-refractivity contribution < 1.29 is 0 Å². The van der Waals surface area contributed by atoms with E-state index in [4.69, 9.17) is 0 Å². The summed E-state index contributed by atoms with van der Waals surface area (Å²) in [6.07, 6.45) is 2.69. The molecule has 0 spiro atoms. The average Bonchev–Trinajstić information content (AvgIpc) is 2.38. The molecule has 0 N–H and O–H groups in total. The van der Waals surface area contributed by atoms with Gasteiger partial charge in [-0.1, -0.05) is 58.0 Å². The lowest BCUT2D eigenvalue weighted by atomic mass is 9.94. The fourth-order valence-corrected chi connectivity index (χ4v) is 4.45. The van der Waals surface area contributed by atoms with E-state index in [1.807, 2.05) is 0 Å². The van der Waals surface area contributed by atoms with Crippen LogP contribution in [-0.2, 0) is 5.75 Å². The van der Waals surface area contributed by atoms with E-state index < -0.39 is 0 Å². The third-order valence-electron chi connectivity index (χ3n) is 3.27. The SMILES string of the molecule is CC(CCSCCC(C)(C)C)CSCc1ccccc1. The highest BCUT2D eigenvalue weighted by molar-refractivity contribution is 7.99. The maximum Gasteiger partial charge on any atom is 0.0184 e. The lowest BCUT2D eigenvalue weighted by molar-refractivity contribution is 0.401. The van der Waals surface area contributed by atoms with E-state index in [0.717, 1.165) is 11.7 Å². The molecule has 0 nitrogen and oxygen atoms in total. The molecule has 1 rings (SSSR count). The average molecular weight is 311 g/mol. The van der Waals surface area contributed by atoms with Crippen LogP contribution in [0.2, 0.25) is 0 Å². The van der Waals surface area contributed by atoms with Crippen molar-refractivity contribution in [1.82, 2.24) is 0 Å². The Kier molecular flexibility index (Phi) is 8.79. The molecule has 0 saturated carbocycles. The minimum Gasteiger partial charge on any atom is -0.162 e. The third kappa shape index (κ3) is 9.77. The molecular weight excluding hydrogens is 280 g/mol. The van der Waals surface area contributed by atoms with Gasteiger partial charge in [-0.05, 0) is 47.0 Å². The van der Waals surface area contributed by atoms with Crippen LogP contribution in [0.5, 0.6) is 0 Å². The van der Waals surface area contributed by atoms with Gasteiger partial charge >= 0.3 is 0 Å². The van der Waals surface area contributed by atoms with Crippen molar-refractivity contribution in [2.24, 2.45) is 11.3 Å². The van der Waals surface area contributed by atoms with Crippen molar-refractivity contribution >= 4 is 23.5 Å². The molecule has 2 heteroatoms. The van der Waals surface area contributed by atoms with Crippen LogP contribution in [0.1, 0.15) is 46.1 Å². The quantitative estimate of drug-likeness (QED) is 0.504. The Morgan fingerprint density at radius 1 is 1.00 bits per heavy atom. The molecule has 1 atom stereocenters. The van der Waals surface area contributed by atoms with E-state index >= 15 is 0 Å². The van der Waals surface area contributed by atoms with Crippen LogP contribution in [0.4, 0.5) is 0 Å². The van der Waals surface area contributed by atoms with E-state index in [1.54, 1.807) is 0 Å². The molecule has 0 saturated heterocycles. The Morgan fingerprint density at radius 3 is 2.35 bits per heavy atom. The normalized spacial score (nSPS) is 13.4. The van der Waals surface area contributed by atoms with Gasteiger partial charge in [-0.15, -0.1) is 0 Å². The number of thioether (sulfide) groups is 2. The zero-order valence-electron chi connectivity index (χ0n) is 13.5. The third-order valence-corrected chi connectivity index (χ3v) is 5.62. The molecule has 0 aliphatic rings. The van der Waals surface area contributed by atoms with Crippen molar-refractivity contribution in [3.05, 3.63) is 35.9 Å². The molecule has 0 fully saturated rings. The molecule has 0 amide bonds. The zero-order valence-corrected chi connectivity index (χ0v) is 15.2. The van der Waals surface area contributed by atoms with Gasteiger partial charge < -0.3 is 0 Å². The highest BCUT2D eigenvalue weighted by Crippen LogP contribution is 2.23. The van der Waals surface area contributed by atoms with Crippen LogP contribution in [0.15, 0.2) is 30.3 Å². The van der Waals surface area contributed by atoms with Gasteiger partial charge in [-0.25, -0.2) is 0 Å². The second kappa shape index (κ2) is 9.78. The Labute approximate surface area is 134 Å². The van der Waals surface area contributed by atoms with Crippen LogP contribution >= 0.6 is 23.5 Å². The minimum absolute atomic E-state index is 0.490. The summed E-state index contributed by atoms with van der Waals surface area (Å²) in [5, 5.41) is 0. The number of hydrogen-bond acceptors (Lipinski definition) is 2. The molecule has 1 aromatic carbocycles. The summed E-state index contributed by atoms with van der Waals surface area (Å²) in [7, 11) is 0. The molecule has 1 aromatic rings. The largest absolute Gasteiger partial charge is 0.162 e. The van der Waals surface area contributed by atoms with Gasteiger partial charge in [0.1, 0.15) is 0 Å².